The second kappa shape index (κ2) is 7.97. The Hall–Kier alpha value is -2.25. The third-order valence-corrected chi connectivity index (χ3v) is 5.13. The van der Waals surface area contributed by atoms with Crippen LogP contribution in [0.25, 0.3) is 0 Å². The molecule has 0 unspecified atom stereocenters. The van der Waals surface area contributed by atoms with Crippen LogP contribution in [0.5, 0.6) is 0 Å². The van der Waals surface area contributed by atoms with Crippen LogP contribution >= 0.6 is 23.2 Å². The number of esters is 1. The van der Waals surface area contributed by atoms with Crippen molar-refractivity contribution in [1.82, 2.24) is 20.2 Å². The fourth-order valence-corrected chi connectivity index (χ4v) is 3.43. The molecule has 1 aromatic carbocycles. The first kappa shape index (κ1) is 18.5. The van der Waals surface area contributed by atoms with Crippen LogP contribution in [0.3, 0.4) is 0 Å². The van der Waals surface area contributed by atoms with E-state index in [1.807, 2.05) is 6.07 Å². The fourth-order valence-electron chi connectivity index (χ4n) is 3.02. The minimum absolute atomic E-state index is 0.103. The van der Waals surface area contributed by atoms with Gasteiger partial charge in [-0.3, -0.25) is 4.79 Å². The number of halogens is 2. The number of carbonyl (C=O) groups is 2. The lowest BCUT2D eigenvalue weighted by atomic mass is 9.96. The Morgan fingerprint density at radius 2 is 2.23 bits per heavy atom. The smallest absolute Gasteiger partial charge is 0.318 e. The van der Waals surface area contributed by atoms with Crippen molar-refractivity contribution < 1.29 is 14.3 Å². The molecule has 0 aliphatic carbocycles. The summed E-state index contributed by atoms with van der Waals surface area (Å²) in [4.78, 5) is 33.1. The molecule has 0 saturated heterocycles. The van der Waals surface area contributed by atoms with E-state index in [9.17, 15) is 9.59 Å². The number of aromatic nitrogens is 2. The van der Waals surface area contributed by atoms with Gasteiger partial charge in [-0.15, -0.1) is 0 Å². The number of rotatable bonds is 4. The molecule has 2 heterocycles. The summed E-state index contributed by atoms with van der Waals surface area (Å²) in [6, 6.07) is 4.55. The van der Waals surface area contributed by atoms with Crippen LogP contribution in [-0.2, 0) is 16.0 Å². The molecule has 138 valence electrons. The Labute approximate surface area is 160 Å². The Bertz CT molecular complexity index is 824. The Balaban J connectivity index is 1.88. The molecule has 1 aliphatic rings. The number of nitrogens with one attached hydrogen (secondary N) is 2. The van der Waals surface area contributed by atoms with Gasteiger partial charge in [0, 0.05) is 30.8 Å². The second-order valence-electron chi connectivity index (χ2n) is 5.81. The number of H-pyrrole nitrogens is 1. The molecule has 1 atom stereocenters. The molecular formula is C17H18Cl2N4O3. The van der Waals surface area contributed by atoms with E-state index in [1.165, 1.54) is 7.11 Å². The van der Waals surface area contributed by atoms with E-state index < -0.39 is 6.04 Å². The summed E-state index contributed by atoms with van der Waals surface area (Å²) in [7, 11) is 1.31. The van der Waals surface area contributed by atoms with Gasteiger partial charge in [-0.1, -0.05) is 35.3 Å². The highest BCUT2D eigenvalue weighted by molar-refractivity contribution is 6.42. The molecule has 2 aromatic rings. The van der Waals surface area contributed by atoms with Crippen LogP contribution in [0, 0.1) is 0 Å². The molecule has 1 aliphatic heterocycles. The van der Waals surface area contributed by atoms with Crippen LogP contribution in [0.2, 0.25) is 10.0 Å². The average Bonchev–Trinajstić information content (AvgIpc) is 3.12. The largest absolute Gasteiger partial charge is 0.469 e. The average molecular weight is 397 g/mol. The zero-order valence-electron chi connectivity index (χ0n) is 14.1. The minimum Gasteiger partial charge on any atom is -0.469 e. The molecule has 0 spiro atoms. The maximum absolute atomic E-state index is 12.7. The van der Waals surface area contributed by atoms with Gasteiger partial charge in [0.1, 0.15) is 6.04 Å². The summed E-state index contributed by atoms with van der Waals surface area (Å²) in [5, 5.41) is 3.55. The van der Waals surface area contributed by atoms with E-state index in [2.05, 4.69) is 20.0 Å². The number of amides is 2. The summed E-state index contributed by atoms with van der Waals surface area (Å²) < 4.78 is 4.58. The lowest BCUT2D eigenvalue weighted by Crippen LogP contribution is -2.46. The molecular weight excluding hydrogens is 379 g/mol. The number of aromatic amines is 1. The Kier molecular flexibility index (Phi) is 5.68. The number of benzene rings is 1. The van der Waals surface area contributed by atoms with Crippen molar-refractivity contribution >= 4 is 35.2 Å². The van der Waals surface area contributed by atoms with E-state index in [1.54, 1.807) is 23.4 Å². The van der Waals surface area contributed by atoms with Crippen molar-refractivity contribution in [3.8, 4) is 0 Å². The highest BCUT2D eigenvalue weighted by atomic mass is 35.5. The third-order valence-electron chi connectivity index (χ3n) is 4.29. The summed E-state index contributed by atoms with van der Waals surface area (Å²) in [5.41, 5.74) is 2.41. The number of nitrogens with zero attached hydrogens (tertiary/aromatic N) is 2. The molecule has 0 fully saturated rings. The number of ether oxygens (including phenoxy) is 1. The van der Waals surface area contributed by atoms with Crippen LogP contribution in [0.1, 0.15) is 29.4 Å². The molecule has 0 bridgehead atoms. The zero-order chi connectivity index (χ0) is 18.7. The van der Waals surface area contributed by atoms with E-state index >= 15 is 0 Å². The first-order valence-electron chi connectivity index (χ1n) is 8.10. The maximum Gasteiger partial charge on any atom is 0.318 e. The molecule has 7 nitrogen and oxygen atoms in total. The van der Waals surface area contributed by atoms with Crippen LogP contribution in [0.15, 0.2) is 24.5 Å². The Morgan fingerprint density at radius 1 is 1.42 bits per heavy atom. The summed E-state index contributed by atoms with van der Waals surface area (Å²) in [6.07, 6.45) is 2.36. The number of methoxy groups -OCH3 is 1. The third kappa shape index (κ3) is 3.64. The number of hydrogen-bond acceptors (Lipinski definition) is 4. The van der Waals surface area contributed by atoms with Crippen LogP contribution in [0.4, 0.5) is 4.79 Å². The highest BCUT2D eigenvalue weighted by Crippen LogP contribution is 2.39. The molecule has 0 radical (unpaired) electrons. The van der Waals surface area contributed by atoms with Gasteiger partial charge >= 0.3 is 12.0 Å². The molecule has 1 aromatic heterocycles. The number of fused-ring (bicyclic) bond motifs is 1. The van der Waals surface area contributed by atoms with Crippen molar-refractivity contribution in [2.24, 2.45) is 0 Å². The molecule has 2 amide bonds. The predicted molar refractivity (Wildman–Crippen MR) is 97.3 cm³/mol. The van der Waals surface area contributed by atoms with Crippen LogP contribution < -0.4 is 5.32 Å². The standard InChI is InChI=1S/C17H18Cl2N4O3/c1-26-13(24)5-7-20-17(25)23-8-6-12-15(22-9-21-12)16(23)10-3-2-4-11(18)14(10)19/h2-4,9,16H,5-8H2,1H3,(H,20,25)(H,21,22)/t16-/m1/s1. The van der Waals surface area contributed by atoms with Gasteiger partial charge in [-0.25, -0.2) is 9.78 Å². The van der Waals surface area contributed by atoms with Gasteiger partial charge in [-0.05, 0) is 6.07 Å². The SMILES string of the molecule is COC(=O)CCNC(=O)N1CCc2[nH]cnc2[C@H]1c1cccc(Cl)c1Cl. The predicted octanol–water partition coefficient (Wildman–Crippen LogP) is 2.94. The number of hydrogen-bond donors (Lipinski definition) is 2. The van der Waals surface area contributed by atoms with E-state index in [0.717, 1.165) is 11.4 Å². The van der Waals surface area contributed by atoms with Crippen molar-refractivity contribution in [2.75, 3.05) is 20.2 Å². The van der Waals surface area contributed by atoms with E-state index in [-0.39, 0.29) is 25.0 Å². The minimum atomic E-state index is -0.464. The van der Waals surface area contributed by atoms with E-state index in [0.29, 0.717) is 28.6 Å². The zero-order valence-corrected chi connectivity index (χ0v) is 15.6. The Morgan fingerprint density at radius 3 is 3.00 bits per heavy atom. The summed E-state index contributed by atoms with van der Waals surface area (Å²) in [6.45, 7) is 0.665. The van der Waals surface area contributed by atoms with E-state index in [4.69, 9.17) is 23.2 Å². The van der Waals surface area contributed by atoms with Crippen molar-refractivity contribution in [3.05, 3.63) is 51.5 Å². The molecule has 2 N–H and O–H groups in total. The van der Waals surface area contributed by atoms with Crippen molar-refractivity contribution in [1.29, 1.82) is 0 Å². The van der Waals surface area contributed by atoms with Gasteiger partial charge in [-0.2, -0.15) is 0 Å². The monoisotopic (exact) mass is 396 g/mol. The van der Waals surface area contributed by atoms with Crippen molar-refractivity contribution in [3.63, 3.8) is 0 Å². The quantitative estimate of drug-likeness (QED) is 0.777. The second-order valence-corrected chi connectivity index (χ2v) is 6.60. The summed E-state index contributed by atoms with van der Waals surface area (Å²) in [5.74, 6) is -0.382. The molecule has 26 heavy (non-hydrogen) atoms. The normalized spacial score (nSPS) is 16.1. The van der Waals surface area contributed by atoms with Gasteiger partial charge in [0.25, 0.3) is 0 Å². The number of urea groups is 1. The number of carbonyl (C=O) groups excluding carboxylic acids is 2. The highest BCUT2D eigenvalue weighted by Gasteiger charge is 2.35. The van der Waals surface area contributed by atoms with Gasteiger partial charge < -0.3 is 19.9 Å². The first-order valence-corrected chi connectivity index (χ1v) is 8.86. The first-order chi connectivity index (χ1) is 12.5. The fraction of sp³-hybridized carbons (Fsp3) is 0.353. The maximum atomic E-state index is 12.7. The molecule has 3 rings (SSSR count). The van der Waals surface area contributed by atoms with Crippen LogP contribution in [-0.4, -0.2) is 47.1 Å². The molecule has 0 saturated carbocycles. The number of imidazole rings is 1. The van der Waals surface area contributed by atoms with Gasteiger partial charge in [0.2, 0.25) is 0 Å². The van der Waals surface area contributed by atoms with Gasteiger partial charge in [0.15, 0.2) is 0 Å². The molecule has 9 heteroatoms. The van der Waals surface area contributed by atoms with Crippen molar-refractivity contribution in [2.45, 2.75) is 18.9 Å². The lowest BCUT2D eigenvalue weighted by Gasteiger charge is -2.35. The van der Waals surface area contributed by atoms with Gasteiger partial charge in [0.05, 0.1) is 35.6 Å². The summed E-state index contributed by atoms with van der Waals surface area (Å²) >= 11 is 12.6. The topological polar surface area (TPSA) is 87.3 Å². The lowest BCUT2D eigenvalue weighted by molar-refractivity contribution is -0.140.